The Kier molecular flexibility index (Phi) is 4.92. The summed E-state index contributed by atoms with van der Waals surface area (Å²) < 4.78 is 13.4. The number of rotatable bonds is 4. The van der Waals surface area contributed by atoms with Gasteiger partial charge in [0.1, 0.15) is 5.82 Å². The monoisotopic (exact) mass is 369 g/mol. The van der Waals surface area contributed by atoms with Gasteiger partial charge in [-0.15, -0.1) is 5.10 Å². The number of likely N-dealkylation sites (N-methyl/N-ethyl adjacent to an activating group) is 1. The second kappa shape index (κ2) is 7.50. The van der Waals surface area contributed by atoms with Gasteiger partial charge in [-0.25, -0.2) is 9.18 Å². The van der Waals surface area contributed by atoms with Crippen molar-refractivity contribution in [3.05, 3.63) is 54.0 Å². The van der Waals surface area contributed by atoms with E-state index in [1.165, 1.54) is 6.07 Å². The summed E-state index contributed by atoms with van der Waals surface area (Å²) >= 11 is 0. The van der Waals surface area contributed by atoms with E-state index in [1.807, 2.05) is 25.2 Å². The lowest BCUT2D eigenvalue weighted by molar-refractivity contribution is 0.182. The van der Waals surface area contributed by atoms with Crippen molar-refractivity contribution in [2.45, 2.75) is 37.3 Å². The predicted molar refractivity (Wildman–Crippen MR) is 101 cm³/mol. The number of carbonyl (C=O) groups excluding carboxylic acids is 1. The van der Waals surface area contributed by atoms with E-state index in [9.17, 15) is 9.18 Å². The van der Waals surface area contributed by atoms with Crippen LogP contribution in [0.4, 0.5) is 15.0 Å². The SMILES string of the molecule is CN(C(=O)N[C@@H]1C[C@H]1c1cccc(F)c1)C1CCCN(c2cccnn2)C1. The van der Waals surface area contributed by atoms with Crippen molar-refractivity contribution < 1.29 is 9.18 Å². The number of hydrogen-bond acceptors (Lipinski definition) is 4. The average molecular weight is 369 g/mol. The second-order valence-electron chi connectivity index (χ2n) is 7.39. The molecule has 0 radical (unpaired) electrons. The van der Waals surface area contributed by atoms with Crippen LogP contribution in [-0.4, -0.2) is 53.3 Å². The normalized spacial score (nSPS) is 24.4. The summed E-state index contributed by atoms with van der Waals surface area (Å²) in [4.78, 5) is 16.6. The molecule has 1 aromatic heterocycles. The summed E-state index contributed by atoms with van der Waals surface area (Å²) in [5, 5.41) is 11.2. The molecule has 2 heterocycles. The maximum Gasteiger partial charge on any atom is 0.317 e. The molecule has 1 unspecified atom stereocenters. The van der Waals surface area contributed by atoms with Crippen LogP contribution in [0.1, 0.15) is 30.7 Å². The summed E-state index contributed by atoms with van der Waals surface area (Å²) in [5.74, 6) is 0.831. The number of aromatic nitrogens is 2. The molecule has 0 spiro atoms. The molecule has 2 aromatic rings. The third-order valence-electron chi connectivity index (χ3n) is 5.52. The molecule has 1 saturated carbocycles. The van der Waals surface area contributed by atoms with Crippen molar-refractivity contribution in [2.24, 2.45) is 0 Å². The zero-order valence-corrected chi connectivity index (χ0v) is 15.4. The molecule has 142 valence electrons. The van der Waals surface area contributed by atoms with Crippen LogP contribution in [-0.2, 0) is 0 Å². The minimum atomic E-state index is -0.229. The van der Waals surface area contributed by atoms with Crippen LogP contribution in [0.25, 0.3) is 0 Å². The lowest BCUT2D eigenvalue weighted by Gasteiger charge is -2.38. The van der Waals surface area contributed by atoms with Crippen LogP contribution in [0.2, 0.25) is 0 Å². The minimum absolute atomic E-state index is 0.0649. The van der Waals surface area contributed by atoms with Gasteiger partial charge in [0.2, 0.25) is 0 Å². The molecule has 3 atom stereocenters. The van der Waals surface area contributed by atoms with E-state index < -0.39 is 0 Å². The highest BCUT2D eigenvalue weighted by Gasteiger charge is 2.40. The van der Waals surface area contributed by atoms with E-state index >= 15 is 0 Å². The van der Waals surface area contributed by atoms with Gasteiger partial charge in [0.05, 0.1) is 6.04 Å². The summed E-state index contributed by atoms with van der Waals surface area (Å²) in [6.07, 6.45) is 4.50. The molecule has 2 amide bonds. The molecule has 1 aromatic carbocycles. The van der Waals surface area contributed by atoms with Gasteiger partial charge in [-0.2, -0.15) is 5.10 Å². The fourth-order valence-corrected chi connectivity index (χ4v) is 3.83. The van der Waals surface area contributed by atoms with Crippen molar-refractivity contribution in [2.75, 3.05) is 25.0 Å². The van der Waals surface area contributed by atoms with Crippen molar-refractivity contribution in [1.29, 1.82) is 0 Å². The number of nitrogens with one attached hydrogen (secondary N) is 1. The molecule has 1 saturated heterocycles. The largest absolute Gasteiger partial charge is 0.353 e. The first kappa shape index (κ1) is 17.7. The smallest absolute Gasteiger partial charge is 0.317 e. The van der Waals surface area contributed by atoms with Crippen LogP contribution in [0, 0.1) is 5.82 Å². The predicted octanol–water partition coefficient (Wildman–Crippen LogP) is 2.78. The molecule has 4 rings (SSSR count). The number of piperidine rings is 1. The Hall–Kier alpha value is -2.70. The molecule has 6 nitrogen and oxygen atoms in total. The highest BCUT2D eigenvalue weighted by atomic mass is 19.1. The van der Waals surface area contributed by atoms with Crippen molar-refractivity contribution in [3.63, 3.8) is 0 Å². The fraction of sp³-hybridized carbons (Fsp3) is 0.450. The maximum absolute atomic E-state index is 13.4. The molecule has 0 bridgehead atoms. The molecular weight excluding hydrogens is 345 g/mol. The number of amides is 2. The standard InChI is InChI=1S/C20H24FN5O/c1-25(16-7-4-10-26(13-16)19-8-3-9-22-24-19)20(27)23-18-12-17(18)14-5-2-6-15(21)11-14/h2-3,5-6,8-9,11,16-18H,4,7,10,12-13H2,1H3,(H,23,27)/t16?,17-,18+/m0/s1. The summed E-state index contributed by atoms with van der Waals surface area (Å²) in [6, 6.07) is 10.6. The van der Waals surface area contributed by atoms with Gasteiger partial charge >= 0.3 is 6.03 Å². The fourth-order valence-electron chi connectivity index (χ4n) is 3.83. The van der Waals surface area contributed by atoms with Crippen molar-refractivity contribution in [3.8, 4) is 0 Å². The molecule has 7 heteroatoms. The Bertz CT molecular complexity index is 802. The number of nitrogens with zero attached hydrogens (tertiary/aromatic N) is 4. The number of benzene rings is 1. The third kappa shape index (κ3) is 4.02. The summed E-state index contributed by atoms with van der Waals surface area (Å²) in [5.41, 5.74) is 0.953. The van der Waals surface area contributed by atoms with Gasteiger partial charge < -0.3 is 15.1 Å². The van der Waals surface area contributed by atoms with E-state index in [0.717, 1.165) is 43.7 Å². The molecule has 2 fully saturated rings. The van der Waals surface area contributed by atoms with Crippen LogP contribution < -0.4 is 10.2 Å². The van der Waals surface area contributed by atoms with E-state index in [-0.39, 0.29) is 29.8 Å². The number of carbonyl (C=O) groups is 1. The van der Waals surface area contributed by atoms with Crippen LogP contribution >= 0.6 is 0 Å². The van der Waals surface area contributed by atoms with Gasteiger partial charge in [-0.1, -0.05) is 12.1 Å². The zero-order chi connectivity index (χ0) is 18.8. The lowest BCUT2D eigenvalue weighted by atomic mass is 10.0. The van der Waals surface area contributed by atoms with Crippen molar-refractivity contribution >= 4 is 11.8 Å². The Morgan fingerprint density at radius 2 is 2.22 bits per heavy atom. The zero-order valence-electron chi connectivity index (χ0n) is 15.4. The molecular formula is C20H24FN5O. The van der Waals surface area contributed by atoms with E-state index in [4.69, 9.17) is 0 Å². The molecule has 2 aliphatic rings. The molecule has 1 aliphatic heterocycles. The summed E-state index contributed by atoms with van der Waals surface area (Å²) in [6.45, 7) is 1.68. The van der Waals surface area contributed by atoms with E-state index in [0.29, 0.717) is 0 Å². The number of hydrogen-bond donors (Lipinski definition) is 1. The molecule has 1 N–H and O–H groups in total. The van der Waals surface area contributed by atoms with Crippen molar-refractivity contribution in [1.82, 2.24) is 20.4 Å². The quantitative estimate of drug-likeness (QED) is 0.900. The Morgan fingerprint density at radius 1 is 1.33 bits per heavy atom. The van der Waals surface area contributed by atoms with Gasteiger partial charge in [-0.05, 0) is 49.1 Å². The maximum atomic E-state index is 13.4. The number of halogens is 1. The van der Waals surface area contributed by atoms with E-state index in [1.54, 1.807) is 23.2 Å². The summed E-state index contributed by atoms with van der Waals surface area (Å²) in [7, 11) is 1.85. The molecule has 1 aliphatic carbocycles. The first-order valence-electron chi connectivity index (χ1n) is 9.43. The first-order valence-corrected chi connectivity index (χ1v) is 9.43. The van der Waals surface area contributed by atoms with Crippen LogP contribution in [0.3, 0.4) is 0 Å². The Balaban J connectivity index is 1.33. The highest BCUT2D eigenvalue weighted by Crippen LogP contribution is 2.41. The highest BCUT2D eigenvalue weighted by molar-refractivity contribution is 5.75. The average Bonchev–Trinajstić information content (AvgIpc) is 3.47. The van der Waals surface area contributed by atoms with Gasteiger partial charge in [0, 0.05) is 38.3 Å². The second-order valence-corrected chi connectivity index (χ2v) is 7.39. The topological polar surface area (TPSA) is 61.4 Å². The van der Waals surface area contributed by atoms with Gasteiger partial charge in [0.15, 0.2) is 5.82 Å². The Labute approximate surface area is 158 Å². The first-order chi connectivity index (χ1) is 13.1. The van der Waals surface area contributed by atoms with Crippen LogP contribution in [0.5, 0.6) is 0 Å². The van der Waals surface area contributed by atoms with E-state index in [2.05, 4.69) is 20.4 Å². The number of anilines is 1. The van der Waals surface area contributed by atoms with Gasteiger partial charge in [-0.3, -0.25) is 0 Å². The van der Waals surface area contributed by atoms with Crippen LogP contribution in [0.15, 0.2) is 42.6 Å². The molecule has 27 heavy (non-hydrogen) atoms. The van der Waals surface area contributed by atoms with Gasteiger partial charge in [0.25, 0.3) is 0 Å². The number of urea groups is 1. The Morgan fingerprint density at radius 3 is 3.00 bits per heavy atom. The third-order valence-corrected chi connectivity index (χ3v) is 5.52. The minimum Gasteiger partial charge on any atom is -0.353 e. The lowest BCUT2D eigenvalue weighted by Crippen LogP contribution is -2.52.